The lowest BCUT2D eigenvalue weighted by atomic mass is 9.62. The first-order valence-corrected chi connectivity index (χ1v) is 5.79. The van der Waals surface area contributed by atoms with E-state index in [0.717, 1.165) is 6.42 Å². The van der Waals surface area contributed by atoms with Crippen molar-refractivity contribution in [3.8, 4) is 0 Å². The normalized spacial score (nSPS) is 19.5. The quantitative estimate of drug-likeness (QED) is 0.875. The van der Waals surface area contributed by atoms with Crippen molar-refractivity contribution < 1.29 is 14.3 Å². The predicted octanol–water partition coefficient (Wildman–Crippen LogP) is 2.73. The van der Waals surface area contributed by atoms with Crippen molar-refractivity contribution in [2.75, 3.05) is 0 Å². The SMILES string of the molecule is NC(c1ccc(F)c(Cl)c1)C1(C(=O)O)CCC1. The second kappa shape index (κ2) is 4.27. The third-order valence-electron chi connectivity index (χ3n) is 3.57. The Morgan fingerprint density at radius 2 is 2.18 bits per heavy atom. The monoisotopic (exact) mass is 257 g/mol. The largest absolute Gasteiger partial charge is 0.481 e. The number of benzene rings is 1. The van der Waals surface area contributed by atoms with Crippen LogP contribution in [0.2, 0.25) is 5.02 Å². The lowest BCUT2D eigenvalue weighted by molar-refractivity contribution is -0.156. The van der Waals surface area contributed by atoms with Crippen molar-refractivity contribution in [1.82, 2.24) is 0 Å². The van der Waals surface area contributed by atoms with Crippen LogP contribution in [-0.4, -0.2) is 11.1 Å². The van der Waals surface area contributed by atoms with E-state index in [1.54, 1.807) is 0 Å². The zero-order valence-corrected chi connectivity index (χ0v) is 9.88. The Kier molecular flexibility index (Phi) is 3.10. The summed E-state index contributed by atoms with van der Waals surface area (Å²) in [6.45, 7) is 0. The van der Waals surface area contributed by atoms with Crippen molar-refractivity contribution in [2.24, 2.45) is 11.1 Å². The third-order valence-corrected chi connectivity index (χ3v) is 3.86. The number of nitrogens with two attached hydrogens (primary N) is 1. The van der Waals surface area contributed by atoms with E-state index in [0.29, 0.717) is 18.4 Å². The van der Waals surface area contributed by atoms with Crippen LogP contribution in [0.15, 0.2) is 18.2 Å². The summed E-state index contributed by atoms with van der Waals surface area (Å²) in [6.07, 6.45) is 1.96. The second-order valence-electron chi connectivity index (χ2n) is 4.47. The average molecular weight is 258 g/mol. The van der Waals surface area contributed by atoms with Gasteiger partial charge in [0.05, 0.1) is 10.4 Å². The molecule has 0 saturated heterocycles. The Morgan fingerprint density at radius 1 is 1.53 bits per heavy atom. The van der Waals surface area contributed by atoms with E-state index in [9.17, 15) is 14.3 Å². The summed E-state index contributed by atoms with van der Waals surface area (Å²) >= 11 is 5.67. The van der Waals surface area contributed by atoms with Crippen LogP contribution in [-0.2, 0) is 4.79 Å². The third kappa shape index (κ3) is 1.91. The number of hydrogen-bond acceptors (Lipinski definition) is 2. The topological polar surface area (TPSA) is 63.3 Å². The van der Waals surface area contributed by atoms with Gasteiger partial charge >= 0.3 is 5.97 Å². The minimum absolute atomic E-state index is 0.0298. The van der Waals surface area contributed by atoms with E-state index in [1.165, 1.54) is 18.2 Å². The molecule has 1 aliphatic carbocycles. The highest BCUT2D eigenvalue weighted by molar-refractivity contribution is 6.30. The summed E-state index contributed by atoms with van der Waals surface area (Å²) in [5, 5.41) is 9.22. The molecule has 1 aromatic carbocycles. The fourth-order valence-corrected chi connectivity index (χ4v) is 2.43. The fourth-order valence-electron chi connectivity index (χ4n) is 2.24. The van der Waals surface area contributed by atoms with Crippen LogP contribution in [0.3, 0.4) is 0 Å². The maximum atomic E-state index is 13.0. The van der Waals surface area contributed by atoms with Gasteiger partial charge in [-0.15, -0.1) is 0 Å². The van der Waals surface area contributed by atoms with Gasteiger partial charge in [0.15, 0.2) is 0 Å². The molecule has 5 heteroatoms. The van der Waals surface area contributed by atoms with Gasteiger partial charge in [-0.25, -0.2) is 4.39 Å². The highest BCUT2D eigenvalue weighted by Gasteiger charge is 2.49. The number of carboxylic acids is 1. The van der Waals surface area contributed by atoms with Gasteiger partial charge in [-0.3, -0.25) is 4.79 Å². The van der Waals surface area contributed by atoms with Gasteiger partial charge in [0.2, 0.25) is 0 Å². The summed E-state index contributed by atoms with van der Waals surface area (Å²) < 4.78 is 13.0. The smallest absolute Gasteiger partial charge is 0.311 e. The highest BCUT2D eigenvalue weighted by atomic mass is 35.5. The molecule has 0 spiro atoms. The van der Waals surface area contributed by atoms with E-state index >= 15 is 0 Å². The van der Waals surface area contributed by atoms with Crippen molar-refractivity contribution in [3.63, 3.8) is 0 Å². The number of hydrogen-bond donors (Lipinski definition) is 2. The van der Waals surface area contributed by atoms with E-state index < -0.39 is 23.2 Å². The minimum Gasteiger partial charge on any atom is -0.481 e. The van der Waals surface area contributed by atoms with Gasteiger partial charge in [0, 0.05) is 6.04 Å². The molecule has 0 heterocycles. The highest BCUT2D eigenvalue weighted by Crippen LogP contribution is 2.49. The fraction of sp³-hybridized carbons (Fsp3) is 0.417. The molecule has 0 aliphatic heterocycles. The summed E-state index contributed by atoms with van der Waals surface area (Å²) in [4.78, 5) is 11.3. The molecular weight excluding hydrogens is 245 g/mol. The molecule has 1 aliphatic rings. The predicted molar refractivity (Wildman–Crippen MR) is 62.3 cm³/mol. The van der Waals surface area contributed by atoms with Crippen LogP contribution in [0, 0.1) is 11.2 Å². The van der Waals surface area contributed by atoms with Gasteiger partial charge in [0.1, 0.15) is 5.82 Å². The molecule has 92 valence electrons. The second-order valence-corrected chi connectivity index (χ2v) is 4.87. The van der Waals surface area contributed by atoms with Gasteiger partial charge in [-0.1, -0.05) is 24.1 Å². The van der Waals surface area contributed by atoms with E-state index in [1.807, 2.05) is 0 Å². The molecule has 0 radical (unpaired) electrons. The Hall–Kier alpha value is -1.13. The lowest BCUT2D eigenvalue weighted by Gasteiger charge is -2.42. The molecule has 0 bridgehead atoms. The van der Waals surface area contributed by atoms with Crippen LogP contribution < -0.4 is 5.73 Å². The van der Waals surface area contributed by atoms with Crippen LogP contribution in [0.5, 0.6) is 0 Å². The Balaban J connectivity index is 2.33. The number of rotatable bonds is 3. The molecule has 3 N–H and O–H groups in total. The summed E-state index contributed by atoms with van der Waals surface area (Å²) in [6, 6.07) is 3.47. The Labute approximate surface area is 103 Å². The maximum Gasteiger partial charge on any atom is 0.311 e. The zero-order valence-electron chi connectivity index (χ0n) is 9.12. The standard InChI is InChI=1S/C12H13ClFNO2/c13-8-6-7(2-3-9(8)14)10(15)12(11(16)17)4-1-5-12/h2-3,6,10H,1,4-5,15H2,(H,16,17). The first-order chi connectivity index (χ1) is 7.97. The van der Waals surface area contributed by atoms with Crippen molar-refractivity contribution in [2.45, 2.75) is 25.3 Å². The number of carboxylic acid groups (broad SMARTS) is 1. The molecule has 3 nitrogen and oxygen atoms in total. The van der Waals surface area contributed by atoms with Crippen molar-refractivity contribution in [1.29, 1.82) is 0 Å². The Morgan fingerprint density at radius 3 is 2.59 bits per heavy atom. The van der Waals surface area contributed by atoms with E-state index in [2.05, 4.69) is 0 Å². The molecule has 1 atom stereocenters. The zero-order chi connectivity index (χ0) is 12.6. The van der Waals surface area contributed by atoms with Gasteiger partial charge in [-0.2, -0.15) is 0 Å². The molecule has 1 aromatic rings. The summed E-state index contributed by atoms with van der Waals surface area (Å²) in [7, 11) is 0. The molecule has 1 fully saturated rings. The first kappa shape index (κ1) is 12.3. The number of halogens is 2. The molecule has 17 heavy (non-hydrogen) atoms. The van der Waals surface area contributed by atoms with Crippen LogP contribution in [0.1, 0.15) is 30.9 Å². The molecule has 1 unspecified atom stereocenters. The maximum absolute atomic E-state index is 13.0. The van der Waals surface area contributed by atoms with Gasteiger partial charge in [0.25, 0.3) is 0 Å². The molecule has 0 amide bonds. The number of carbonyl (C=O) groups is 1. The van der Waals surface area contributed by atoms with Crippen LogP contribution >= 0.6 is 11.6 Å². The van der Waals surface area contributed by atoms with E-state index in [-0.39, 0.29) is 5.02 Å². The first-order valence-electron chi connectivity index (χ1n) is 5.41. The van der Waals surface area contributed by atoms with Crippen molar-refractivity contribution in [3.05, 3.63) is 34.6 Å². The Bertz CT molecular complexity index is 460. The van der Waals surface area contributed by atoms with Gasteiger partial charge < -0.3 is 10.8 Å². The molecule has 0 aromatic heterocycles. The van der Waals surface area contributed by atoms with E-state index in [4.69, 9.17) is 17.3 Å². The minimum atomic E-state index is -0.916. The summed E-state index contributed by atoms with van der Waals surface area (Å²) in [5.41, 5.74) is 5.65. The molecule has 2 rings (SSSR count). The number of aliphatic carboxylic acids is 1. The van der Waals surface area contributed by atoms with Crippen LogP contribution in [0.4, 0.5) is 4.39 Å². The van der Waals surface area contributed by atoms with Gasteiger partial charge in [-0.05, 0) is 30.5 Å². The van der Waals surface area contributed by atoms with Crippen molar-refractivity contribution >= 4 is 17.6 Å². The lowest BCUT2D eigenvalue weighted by Crippen LogP contribution is -2.46. The molecule has 1 saturated carbocycles. The average Bonchev–Trinajstić information content (AvgIpc) is 2.19. The summed E-state index contributed by atoms with van der Waals surface area (Å²) in [5.74, 6) is -1.42. The molecular formula is C12H13ClFNO2. The van der Waals surface area contributed by atoms with Crippen LogP contribution in [0.25, 0.3) is 0 Å².